The predicted octanol–water partition coefficient (Wildman–Crippen LogP) is -0.146. The van der Waals surface area contributed by atoms with Crippen molar-refractivity contribution >= 4 is 25.7 Å². The molecule has 132 valence electrons. The number of thiol groups is 1. The molecule has 23 heavy (non-hydrogen) atoms. The number of benzene rings is 1. The van der Waals surface area contributed by atoms with E-state index < -0.39 is 44.5 Å². The summed E-state index contributed by atoms with van der Waals surface area (Å²) in [5.74, 6) is -0.837. The van der Waals surface area contributed by atoms with Crippen molar-refractivity contribution in [2.45, 2.75) is 17.0 Å². The lowest BCUT2D eigenvalue weighted by Gasteiger charge is -2.23. The molecular weight excluding hydrogens is 345 g/mol. The van der Waals surface area contributed by atoms with Crippen molar-refractivity contribution in [1.82, 2.24) is 5.32 Å². The number of halogens is 1. The highest BCUT2D eigenvalue weighted by Gasteiger charge is 2.24. The molecule has 9 heteroatoms. The van der Waals surface area contributed by atoms with Crippen LogP contribution in [0.2, 0.25) is 0 Å². The molecule has 0 heterocycles. The summed E-state index contributed by atoms with van der Waals surface area (Å²) in [6.45, 7) is -1.02. The molecule has 0 aromatic heterocycles. The van der Waals surface area contributed by atoms with E-state index in [9.17, 15) is 26.9 Å². The van der Waals surface area contributed by atoms with E-state index in [1.807, 2.05) is 0 Å². The van der Waals surface area contributed by atoms with Gasteiger partial charge in [0.15, 0.2) is 9.84 Å². The normalized spacial score (nSPS) is 15.7. The fourth-order valence-corrected chi connectivity index (χ4v) is 3.36. The Labute approximate surface area is 136 Å². The van der Waals surface area contributed by atoms with Crippen LogP contribution in [0, 0.1) is 0 Å². The van der Waals surface area contributed by atoms with Crippen LogP contribution in [0.25, 0.3) is 0 Å². The van der Waals surface area contributed by atoms with Crippen LogP contribution in [-0.2, 0) is 24.6 Å². The molecule has 2 atom stereocenters. The van der Waals surface area contributed by atoms with Gasteiger partial charge in [-0.3, -0.25) is 9.00 Å². The van der Waals surface area contributed by atoms with Gasteiger partial charge in [-0.15, -0.1) is 9.93 Å². The summed E-state index contributed by atoms with van der Waals surface area (Å²) < 4.78 is 47.5. The Morgan fingerprint density at radius 1 is 1.30 bits per heavy atom. The summed E-state index contributed by atoms with van der Waals surface area (Å²) >= 11 is 0. The first-order chi connectivity index (χ1) is 10.4. The summed E-state index contributed by atoms with van der Waals surface area (Å²) in [7, 11) is -5.97. The Bertz CT molecular complexity index is 696. The maximum Gasteiger partial charge on any atom is 0.231 e. The summed E-state index contributed by atoms with van der Waals surface area (Å²) in [6, 6.07) is 4.13. The maximum absolute atomic E-state index is 13.1. The van der Waals surface area contributed by atoms with Gasteiger partial charge in [-0.25, -0.2) is 12.8 Å². The maximum atomic E-state index is 13.1. The third-order valence-electron chi connectivity index (χ3n) is 3.07. The molecule has 1 aromatic carbocycles. The van der Waals surface area contributed by atoms with Gasteiger partial charge in [0.05, 0.1) is 16.7 Å². The summed E-state index contributed by atoms with van der Waals surface area (Å²) in [4.78, 5) is 11.8. The molecule has 0 saturated heterocycles. The molecule has 0 aliphatic rings. The zero-order chi connectivity index (χ0) is 17.8. The lowest BCUT2D eigenvalue weighted by molar-refractivity contribution is -0.120. The van der Waals surface area contributed by atoms with Gasteiger partial charge >= 0.3 is 0 Å². The Balaban J connectivity index is 2.86. The number of hydrogen-bond donors (Lipinski definition) is 3. The molecule has 0 spiro atoms. The molecule has 1 rings (SSSR count). The first kappa shape index (κ1) is 19.7. The zero-order valence-electron chi connectivity index (χ0n) is 13.2. The molecule has 6 nitrogen and oxygen atoms in total. The van der Waals surface area contributed by atoms with E-state index in [0.717, 1.165) is 6.26 Å². The quantitative estimate of drug-likeness (QED) is 0.582. The summed E-state index contributed by atoms with van der Waals surface area (Å²) in [5.41, 5.74) is 0.275. The number of alkyl halides is 1. The monoisotopic (exact) mass is 367 g/mol. The van der Waals surface area contributed by atoms with Crippen LogP contribution in [0.1, 0.15) is 11.7 Å². The predicted molar refractivity (Wildman–Crippen MR) is 88.7 cm³/mol. The average Bonchev–Trinajstić information content (AvgIpc) is 2.41. The van der Waals surface area contributed by atoms with Crippen molar-refractivity contribution in [3.8, 4) is 0 Å². The minimum absolute atomic E-state index is 0.0761. The Morgan fingerprint density at radius 2 is 1.83 bits per heavy atom. The molecular formula is C14H22FNO5S2. The van der Waals surface area contributed by atoms with Crippen LogP contribution in [0.5, 0.6) is 0 Å². The van der Waals surface area contributed by atoms with E-state index >= 15 is 0 Å². The smallest absolute Gasteiger partial charge is 0.231 e. The standard InChI is InChI=1S/C14H22FNO5S2/c1-22(2,19)9-13(17)16-12(8-15)14(18)10-4-6-11(7-5-10)23(3,20)21/h4-7,12,14,18,22H,8-9H2,1-3H3,(H,16,17)/t12-,14-/m1/s1. The van der Waals surface area contributed by atoms with Crippen molar-refractivity contribution in [3.63, 3.8) is 0 Å². The van der Waals surface area contributed by atoms with Crippen LogP contribution in [0.15, 0.2) is 29.2 Å². The molecule has 0 aliphatic heterocycles. The number of aliphatic hydroxyl groups excluding tert-OH is 1. The van der Waals surface area contributed by atoms with Crippen molar-refractivity contribution in [3.05, 3.63) is 29.8 Å². The lowest BCUT2D eigenvalue weighted by atomic mass is 10.0. The molecule has 0 bridgehead atoms. The SMILES string of the molecule is CS(=O)(=O)c1ccc([C@@H](O)[C@@H](CF)NC(=O)C[SH](C)(C)=O)cc1. The zero-order valence-corrected chi connectivity index (χ0v) is 14.9. The second-order valence-electron chi connectivity index (χ2n) is 5.85. The van der Waals surface area contributed by atoms with E-state index in [4.69, 9.17) is 0 Å². The van der Waals surface area contributed by atoms with Crippen molar-refractivity contribution in [2.24, 2.45) is 0 Å². The van der Waals surface area contributed by atoms with Crippen LogP contribution >= 0.6 is 0 Å². The minimum atomic E-state index is -3.37. The van der Waals surface area contributed by atoms with Crippen LogP contribution in [0.4, 0.5) is 4.39 Å². The summed E-state index contributed by atoms with van der Waals surface area (Å²) in [6.07, 6.45) is 2.59. The van der Waals surface area contributed by atoms with Gasteiger partial charge in [0, 0.05) is 6.26 Å². The molecule has 1 aromatic rings. The van der Waals surface area contributed by atoms with Crippen LogP contribution in [-0.4, -0.2) is 60.9 Å². The third kappa shape index (κ3) is 6.36. The van der Waals surface area contributed by atoms with E-state index in [0.29, 0.717) is 0 Å². The summed E-state index contributed by atoms with van der Waals surface area (Å²) in [5, 5.41) is 12.5. The number of carbonyl (C=O) groups is 1. The number of sulfone groups is 1. The largest absolute Gasteiger partial charge is 0.386 e. The second kappa shape index (κ2) is 7.50. The highest BCUT2D eigenvalue weighted by molar-refractivity contribution is 8.02. The number of rotatable bonds is 7. The van der Waals surface area contributed by atoms with Gasteiger partial charge in [-0.2, -0.15) is 0 Å². The van der Waals surface area contributed by atoms with Gasteiger partial charge < -0.3 is 10.4 Å². The van der Waals surface area contributed by atoms with E-state index in [1.54, 1.807) is 0 Å². The van der Waals surface area contributed by atoms with Gasteiger partial charge in [0.2, 0.25) is 5.91 Å². The molecule has 0 radical (unpaired) electrons. The first-order valence-corrected chi connectivity index (χ1v) is 11.5. The fourth-order valence-electron chi connectivity index (χ4n) is 1.94. The minimum Gasteiger partial charge on any atom is -0.386 e. The highest BCUT2D eigenvalue weighted by Crippen LogP contribution is 2.20. The number of nitrogens with one attached hydrogen (secondary N) is 1. The molecule has 0 aliphatic carbocycles. The topological polar surface area (TPSA) is 101 Å². The van der Waals surface area contributed by atoms with Crippen LogP contribution in [0.3, 0.4) is 0 Å². The number of amides is 1. The molecule has 0 fully saturated rings. The highest BCUT2D eigenvalue weighted by atomic mass is 32.2. The van der Waals surface area contributed by atoms with Gasteiger partial charge in [0.1, 0.15) is 12.8 Å². The third-order valence-corrected chi connectivity index (χ3v) is 5.25. The number of carbonyl (C=O) groups excluding carboxylic acids is 1. The molecule has 1 amide bonds. The number of aliphatic hydroxyl groups is 1. The van der Waals surface area contributed by atoms with Crippen molar-refractivity contribution in [2.75, 3.05) is 31.2 Å². The molecule has 0 saturated carbocycles. The molecule has 2 N–H and O–H groups in total. The van der Waals surface area contributed by atoms with Gasteiger partial charge in [-0.05, 0) is 30.2 Å². The van der Waals surface area contributed by atoms with E-state index in [1.165, 1.54) is 36.8 Å². The van der Waals surface area contributed by atoms with Crippen molar-refractivity contribution in [1.29, 1.82) is 0 Å². The molecule has 0 unspecified atom stereocenters. The van der Waals surface area contributed by atoms with E-state index in [-0.39, 0.29) is 16.2 Å². The first-order valence-electron chi connectivity index (χ1n) is 6.81. The average molecular weight is 367 g/mol. The van der Waals surface area contributed by atoms with Gasteiger partial charge in [-0.1, -0.05) is 12.1 Å². The lowest BCUT2D eigenvalue weighted by Crippen LogP contribution is -2.44. The number of hydrogen-bond acceptors (Lipinski definition) is 5. The van der Waals surface area contributed by atoms with Gasteiger partial charge in [0.25, 0.3) is 0 Å². The van der Waals surface area contributed by atoms with E-state index in [2.05, 4.69) is 5.32 Å². The van der Waals surface area contributed by atoms with Crippen LogP contribution < -0.4 is 5.32 Å². The second-order valence-corrected chi connectivity index (χ2v) is 11.3. The fraction of sp³-hybridized carbons (Fsp3) is 0.500. The Morgan fingerprint density at radius 3 is 2.22 bits per heavy atom. The van der Waals surface area contributed by atoms with Crippen molar-refractivity contribution < 1.29 is 26.9 Å². The Kier molecular flexibility index (Phi) is 6.43. The Hall–Kier alpha value is -1.32.